The second-order valence-corrected chi connectivity index (χ2v) is 2.02. The molecule has 0 aliphatic rings. The Labute approximate surface area is 61.1 Å². The lowest BCUT2D eigenvalue weighted by molar-refractivity contribution is 0.274. The van der Waals surface area contributed by atoms with Crippen LogP contribution in [0.5, 0.6) is 0 Å². The molecule has 0 amide bonds. The summed E-state index contributed by atoms with van der Waals surface area (Å²) in [5.41, 5.74) is -0.246. The summed E-state index contributed by atoms with van der Waals surface area (Å²) in [5, 5.41) is 8.40. The van der Waals surface area contributed by atoms with Gasteiger partial charge in [-0.1, -0.05) is 0 Å². The van der Waals surface area contributed by atoms with Gasteiger partial charge in [0.15, 0.2) is 11.6 Å². The average Bonchev–Trinajstić information content (AvgIpc) is 1.97. The Morgan fingerprint density at radius 1 is 1.00 bits per heavy atom. The van der Waals surface area contributed by atoms with Crippen LogP contribution in [0.1, 0.15) is 5.56 Å². The maximum atomic E-state index is 12.5. The van der Waals surface area contributed by atoms with Crippen LogP contribution in [0, 0.1) is 17.5 Å². The van der Waals surface area contributed by atoms with Crippen LogP contribution in [-0.4, -0.2) is 5.11 Å². The van der Waals surface area contributed by atoms with Crippen molar-refractivity contribution in [3.8, 4) is 0 Å². The van der Waals surface area contributed by atoms with Crippen LogP contribution in [-0.2, 0) is 6.61 Å². The van der Waals surface area contributed by atoms with E-state index in [1.54, 1.807) is 0 Å². The zero-order chi connectivity index (χ0) is 8.43. The number of hydrogen-bond acceptors (Lipinski definition) is 1. The number of benzene rings is 1. The molecule has 0 aliphatic heterocycles. The first kappa shape index (κ1) is 8.07. The van der Waals surface area contributed by atoms with E-state index in [-0.39, 0.29) is 5.56 Å². The minimum atomic E-state index is -1.25. The van der Waals surface area contributed by atoms with E-state index in [9.17, 15) is 13.2 Å². The summed E-state index contributed by atoms with van der Waals surface area (Å²) in [6, 6.07) is 1.03. The number of aliphatic hydroxyl groups is 1. The number of rotatable bonds is 1. The van der Waals surface area contributed by atoms with Gasteiger partial charge in [0, 0.05) is 11.6 Å². The number of halogens is 3. The quantitative estimate of drug-likeness (QED) is 0.622. The van der Waals surface area contributed by atoms with E-state index in [0.29, 0.717) is 12.1 Å². The van der Waals surface area contributed by atoms with E-state index in [1.807, 2.05) is 0 Å². The first-order valence-electron chi connectivity index (χ1n) is 2.89. The molecule has 0 saturated carbocycles. The molecule has 1 aromatic rings. The van der Waals surface area contributed by atoms with Crippen LogP contribution in [0.4, 0.5) is 13.2 Å². The molecule has 0 aromatic heterocycles. The van der Waals surface area contributed by atoms with Crippen molar-refractivity contribution in [3.05, 3.63) is 35.1 Å². The third-order valence-electron chi connectivity index (χ3n) is 1.26. The zero-order valence-electron chi connectivity index (χ0n) is 5.44. The van der Waals surface area contributed by atoms with E-state index in [0.717, 1.165) is 0 Å². The second kappa shape index (κ2) is 2.92. The fraction of sp³-hybridized carbons (Fsp3) is 0.143. The van der Waals surface area contributed by atoms with E-state index < -0.39 is 24.1 Å². The molecule has 0 aliphatic carbocycles. The van der Waals surface area contributed by atoms with E-state index in [4.69, 9.17) is 5.11 Å². The highest BCUT2D eigenvalue weighted by Gasteiger charge is 2.07. The van der Waals surface area contributed by atoms with Crippen molar-refractivity contribution >= 4 is 0 Å². The monoisotopic (exact) mass is 162 g/mol. The lowest BCUT2D eigenvalue weighted by Gasteiger charge is -1.98. The highest BCUT2D eigenvalue weighted by molar-refractivity contribution is 5.18. The van der Waals surface area contributed by atoms with Gasteiger partial charge >= 0.3 is 0 Å². The number of aliphatic hydroxyl groups excluding tert-OH is 1. The molecule has 0 unspecified atom stereocenters. The van der Waals surface area contributed by atoms with Gasteiger partial charge in [-0.05, 0) is 6.07 Å². The summed E-state index contributed by atoms with van der Waals surface area (Å²) in [7, 11) is 0. The Hall–Kier alpha value is -1.03. The molecule has 11 heavy (non-hydrogen) atoms. The molecule has 0 bridgehead atoms. The zero-order valence-corrected chi connectivity index (χ0v) is 5.44. The lowest BCUT2D eigenvalue weighted by Crippen LogP contribution is -1.94. The molecule has 1 aromatic carbocycles. The van der Waals surface area contributed by atoms with Crippen LogP contribution in [0.3, 0.4) is 0 Å². The van der Waals surface area contributed by atoms with E-state index >= 15 is 0 Å². The van der Waals surface area contributed by atoms with Gasteiger partial charge in [-0.3, -0.25) is 0 Å². The fourth-order valence-corrected chi connectivity index (χ4v) is 0.685. The first-order valence-corrected chi connectivity index (χ1v) is 2.89. The molecule has 1 rings (SSSR count). The van der Waals surface area contributed by atoms with Crippen molar-refractivity contribution in [1.82, 2.24) is 0 Å². The van der Waals surface area contributed by atoms with Gasteiger partial charge in [0.05, 0.1) is 6.61 Å². The van der Waals surface area contributed by atoms with Gasteiger partial charge in [0.25, 0.3) is 0 Å². The Morgan fingerprint density at radius 2 is 1.55 bits per heavy atom. The first-order chi connectivity index (χ1) is 5.15. The van der Waals surface area contributed by atoms with Crippen LogP contribution in [0.25, 0.3) is 0 Å². The van der Waals surface area contributed by atoms with Gasteiger partial charge in [-0.15, -0.1) is 0 Å². The summed E-state index contributed by atoms with van der Waals surface area (Å²) in [5.74, 6) is -3.35. The van der Waals surface area contributed by atoms with Gasteiger partial charge < -0.3 is 5.11 Å². The Kier molecular flexibility index (Phi) is 2.14. The highest BCUT2D eigenvalue weighted by atomic mass is 19.2. The van der Waals surface area contributed by atoms with Crippen molar-refractivity contribution in [2.45, 2.75) is 6.61 Å². The standard InChI is InChI=1S/C7H5F3O/c8-5-2-7(10)6(9)1-4(5)3-11/h1-2,11H,3H2. The van der Waals surface area contributed by atoms with Crippen LogP contribution >= 0.6 is 0 Å². The maximum absolute atomic E-state index is 12.5. The Bertz CT molecular complexity index is 273. The van der Waals surface area contributed by atoms with Crippen LogP contribution in [0.2, 0.25) is 0 Å². The van der Waals surface area contributed by atoms with Gasteiger partial charge in [-0.25, -0.2) is 13.2 Å². The predicted octanol–water partition coefficient (Wildman–Crippen LogP) is 1.60. The molecular formula is C7H5F3O. The molecule has 0 heterocycles. The highest BCUT2D eigenvalue weighted by Crippen LogP contribution is 2.12. The van der Waals surface area contributed by atoms with E-state index in [1.165, 1.54) is 0 Å². The SMILES string of the molecule is OCc1cc(F)c(F)cc1F. The average molecular weight is 162 g/mol. The normalized spacial score (nSPS) is 10.2. The fourth-order valence-electron chi connectivity index (χ4n) is 0.685. The summed E-state index contributed by atoms with van der Waals surface area (Å²) < 4.78 is 37.0. The smallest absolute Gasteiger partial charge is 0.161 e. The largest absolute Gasteiger partial charge is 0.392 e. The third kappa shape index (κ3) is 1.51. The lowest BCUT2D eigenvalue weighted by atomic mass is 10.2. The van der Waals surface area contributed by atoms with Crippen molar-refractivity contribution in [1.29, 1.82) is 0 Å². The van der Waals surface area contributed by atoms with Crippen molar-refractivity contribution in [2.24, 2.45) is 0 Å². The molecule has 0 atom stereocenters. The number of hydrogen-bond donors (Lipinski definition) is 1. The van der Waals surface area contributed by atoms with Gasteiger partial charge in [0.1, 0.15) is 5.82 Å². The summed E-state index contributed by atoms with van der Waals surface area (Å²) >= 11 is 0. The minimum absolute atomic E-state index is 0.246. The van der Waals surface area contributed by atoms with E-state index in [2.05, 4.69) is 0 Å². The molecular weight excluding hydrogens is 157 g/mol. The molecule has 0 fully saturated rings. The summed E-state index contributed by atoms with van der Waals surface area (Å²) in [4.78, 5) is 0. The van der Waals surface area contributed by atoms with Gasteiger partial charge in [-0.2, -0.15) is 0 Å². The molecule has 1 nitrogen and oxygen atoms in total. The maximum Gasteiger partial charge on any atom is 0.161 e. The van der Waals surface area contributed by atoms with Crippen LogP contribution in [0.15, 0.2) is 12.1 Å². The summed E-state index contributed by atoms with van der Waals surface area (Å²) in [6.07, 6.45) is 0. The molecule has 0 spiro atoms. The molecule has 0 radical (unpaired) electrons. The molecule has 1 N–H and O–H groups in total. The van der Waals surface area contributed by atoms with Gasteiger partial charge in [0.2, 0.25) is 0 Å². The Morgan fingerprint density at radius 3 is 2.09 bits per heavy atom. The minimum Gasteiger partial charge on any atom is -0.392 e. The Balaban J connectivity index is 3.21. The molecule has 4 heteroatoms. The molecule has 60 valence electrons. The molecule has 0 saturated heterocycles. The van der Waals surface area contributed by atoms with Crippen molar-refractivity contribution < 1.29 is 18.3 Å². The predicted molar refractivity (Wildman–Crippen MR) is 32.2 cm³/mol. The third-order valence-corrected chi connectivity index (χ3v) is 1.26. The summed E-state index contributed by atoms with van der Waals surface area (Å²) in [6.45, 7) is -0.636. The topological polar surface area (TPSA) is 20.2 Å². The van der Waals surface area contributed by atoms with Crippen LogP contribution < -0.4 is 0 Å². The van der Waals surface area contributed by atoms with Crippen molar-refractivity contribution in [3.63, 3.8) is 0 Å². The van der Waals surface area contributed by atoms with Crippen molar-refractivity contribution in [2.75, 3.05) is 0 Å². The second-order valence-electron chi connectivity index (χ2n) is 2.02.